The van der Waals surface area contributed by atoms with Crippen molar-refractivity contribution in [3.63, 3.8) is 0 Å². The van der Waals surface area contributed by atoms with Crippen molar-refractivity contribution in [3.05, 3.63) is 101 Å². The molecular weight excluding hydrogens is 410 g/mol. The molecule has 2 N–H and O–H groups in total. The van der Waals surface area contributed by atoms with E-state index >= 15 is 0 Å². The van der Waals surface area contributed by atoms with Crippen LogP contribution in [0.15, 0.2) is 84.1 Å². The Hall–Kier alpha value is -3.86. The SMILES string of the molecule is CN(C)c1ccc([C@H]2Nc3ccc(C(=O)c4ccccc4)cc3NC3=C2C(=O)CCC3)cc1. The fourth-order valence-electron chi connectivity index (χ4n) is 4.60. The summed E-state index contributed by atoms with van der Waals surface area (Å²) in [7, 11) is 4.03. The molecule has 1 heterocycles. The number of Topliss-reactive ketones (excluding diaryl/α,β-unsaturated/α-hetero) is 1. The minimum absolute atomic E-state index is 0.0193. The number of anilines is 3. The predicted octanol–water partition coefficient (Wildman–Crippen LogP) is 5.57. The Balaban J connectivity index is 1.56. The Kier molecular flexibility index (Phi) is 5.47. The van der Waals surface area contributed by atoms with Gasteiger partial charge in [-0.1, -0.05) is 42.5 Å². The highest BCUT2D eigenvalue weighted by atomic mass is 16.1. The first-order valence-electron chi connectivity index (χ1n) is 11.3. The average molecular weight is 438 g/mol. The van der Waals surface area contributed by atoms with Gasteiger partial charge in [-0.15, -0.1) is 0 Å². The summed E-state index contributed by atoms with van der Waals surface area (Å²) < 4.78 is 0. The van der Waals surface area contributed by atoms with Crippen LogP contribution in [0.3, 0.4) is 0 Å². The van der Waals surface area contributed by atoms with Crippen molar-refractivity contribution < 1.29 is 9.59 Å². The Morgan fingerprint density at radius 2 is 1.64 bits per heavy atom. The number of carbonyl (C=O) groups excluding carboxylic acids is 2. The van der Waals surface area contributed by atoms with Gasteiger partial charge in [-0.25, -0.2) is 0 Å². The van der Waals surface area contributed by atoms with Crippen LogP contribution in [-0.2, 0) is 4.79 Å². The molecule has 5 nitrogen and oxygen atoms in total. The lowest BCUT2D eigenvalue weighted by molar-refractivity contribution is -0.116. The number of fused-ring (bicyclic) bond motifs is 1. The highest BCUT2D eigenvalue weighted by Crippen LogP contribution is 2.41. The second-order valence-corrected chi connectivity index (χ2v) is 8.81. The van der Waals surface area contributed by atoms with Gasteiger partial charge in [-0.2, -0.15) is 0 Å². The fraction of sp³-hybridized carbons (Fsp3) is 0.214. The second-order valence-electron chi connectivity index (χ2n) is 8.81. The van der Waals surface area contributed by atoms with Crippen LogP contribution >= 0.6 is 0 Å². The number of nitrogens with one attached hydrogen (secondary N) is 2. The van der Waals surface area contributed by atoms with E-state index in [2.05, 4.69) is 39.8 Å². The summed E-state index contributed by atoms with van der Waals surface area (Å²) in [6.45, 7) is 0. The van der Waals surface area contributed by atoms with E-state index in [1.165, 1.54) is 0 Å². The lowest BCUT2D eigenvalue weighted by Crippen LogP contribution is -2.23. The molecule has 3 aromatic rings. The van der Waals surface area contributed by atoms with Crippen molar-refractivity contribution in [3.8, 4) is 0 Å². The molecule has 0 fully saturated rings. The van der Waals surface area contributed by atoms with Crippen molar-refractivity contribution in [2.45, 2.75) is 25.3 Å². The summed E-state index contributed by atoms with van der Waals surface area (Å²) >= 11 is 0. The molecule has 2 aliphatic rings. The molecule has 166 valence electrons. The van der Waals surface area contributed by atoms with Crippen molar-refractivity contribution in [2.75, 3.05) is 29.6 Å². The van der Waals surface area contributed by atoms with E-state index in [4.69, 9.17) is 0 Å². The molecule has 0 saturated heterocycles. The summed E-state index contributed by atoms with van der Waals surface area (Å²) in [6, 6.07) is 23.0. The van der Waals surface area contributed by atoms with Crippen LogP contribution in [0.5, 0.6) is 0 Å². The quantitative estimate of drug-likeness (QED) is 0.523. The molecule has 0 bridgehead atoms. The number of benzene rings is 3. The maximum absolute atomic E-state index is 13.1. The zero-order valence-corrected chi connectivity index (χ0v) is 18.9. The van der Waals surface area contributed by atoms with Gasteiger partial charge in [0.2, 0.25) is 0 Å². The number of hydrogen-bond donors (Lipinski definition) is 2. The van der Waals surface area contributed by atoms with E-state index in [0.717, 1.165) is 46.7 Å². The monoisotopic (exact) mass is 437 g/mol. The number of carbonyl (C=O) groups is 2. The van der Waals surface area contributed by atoms with Gasteiger partial charge in [0, 0.05) is 48.6 Å². The van der Waals surface area contributed by atoms with Gasteiger partial charge in [-0.3, -0.25) is 9.59 Å². The zero-order chi connectivity index (χ0) is 22.9. The van der Waals surface area contributed by atoms with Gasteiger partial charge in [0.25, 0.3) is 0 Å². The highest BCUT2D eigenvalue weighted by Gasteiger charge is 2.32. The van der Waals surface area contributed by atoms with E-state index in [9.17, 15) is 9.59 Å². The van der Waals surface area contributed by atoms with Crippen molar-refractivity contribution >= 4 is 28.6 Å². The summed E-state index contributed by atoms with van der Waals surface area (Å²) in [5.74, 6) is 0.153. The van der Waals surface area contributed by atoms with E-state index in [-0.39, 0.29) is 17.6 Å². The van der Waals surface area contributed by atoms with Crippen LogP contribution < -0.4 is 15.5 Å². The van der Waals surface area contributed by atoms with Crippen LogP contribution in [0.2, 0.25) is 0 Å². The average Bonchev–Trinajstić information content (AvgIpc) is 3.01. The lowest BCUT2D eigenvalue weighted by Gasteiger charge is -2.26. The normalized spacial score (nSPS) is 17.3. The van der Waals surface area contributed by atoms with Crippen LogP contribution in [0.25, 0.3) is 0 Å². The smallest absolute Gasteiger partial charge is 0.193 e. The summed E-state index contributed by atoms with van der Waals surface area (Å²) in [4.78, 5) is 28.1. The molecule has 33 heavy (non-hydrogen) atoms. The minimum Gasteiger partial charge on any atom is -0.378 e. The molecule has 0 amide bonds. The highest BCUT2D eigenvalue weighted by molar-refractivity contribution is 6.10. The lowest BCUT2D eigenvalue weighted by atomic mass is 9.86. The topological polar surface area (TPSA) is 61.4 Å². The first-order chi connectivity index (χ1) is 16.0. The number of nitrogens with zero attached hydrogens (tertiary/aromatic N) is 1. The Labute approximate surface area is 194 Å². The first kappa shape index (κ1) is 21.0. The zero-order valence-electron chi connectivity index (χ0n) is 18.9. The molecule has 1 atom stereocenters. The van der Waals surface area contributed by atoms with E-state index in [1.54, 1.807) is 0 Å². The first-order valence-corrected chi connectivity index (χ1v) is 11.3. The largest absolute Gasteiger partial charge is 0.378 e. The van der Waals surface area contributed by atoms with Gasteiger partial charge in [0.1, 0.15) is 0 Å². The summed E-state index contributed by atoms with van der Waals surface area (Å²) in [5, 5.41) is 7.10. The third-order valence-corrected chi connectivity index (χ3v) is 6.39. The number of rotatable bonds is 4. The second kappa shape index (κ2) is 8.58. The van der Waals surface area contributed by atoms with Crippen molar-refractivity contribution in [1.82, 2.24) is 0 Å². The van der Waals surface area contributed by atoms with Crippen LogP contribution in [0, 0.1) is 0 Å². The number of allylic oxidation sites excluding steroid dienone is 1. The Morgan fingerprint density at radius 3 is 2.36 bits per heavy atom. The molecule has 1 aliphatic heterocycles. The maximum atomic E-state index is 13.1. The van der Waals surface area contributed by atoms with E-state index in [1.807, 2.05) is 62.6 Å². The molecule has 1 aliphatic carbocycles. The molecule has 5 heteroatoms. The molecule has 5 rings (SSSR count). The van der Waals surface area contributed by atoms with Gasteiger partial charge in [-0.05, 0) is 48.7 Å². The van der Waals surface area contributed by atoms with Crippen molar-refractivity contribution in [1.29, 1.82) is 0 Å². The Bertz CT molecular complexity index is 1240. The third kappa shape index (κ3) is 4.02. The van der Waals surface area contributed by atoms with Crippen LogP contribution in [-0.4, -0.2) is 25.7 Å². The standard InChI is InChI=1S/C28H27N3O2/c1-31(2)21-14-11-18(12-15-21)27-26-23(9-6-10-25(26)32)29-24-17-20(13-16-22(24)30-27)28(33)19-7-4-3-5-8-19/h3-5,7-8,11-17,27,29-30H,6,9-10H2,1-2H3/t27-/m1/s1. The van der Waals surface area contributed by atoms with Crippen LogP contribution in [0.4, 0.5) is 17.1 Å². The molecule has 0 spiro atoms. The van der Waals surface area contributed by atoms with Gasteiger partial charge < -0.3 is 15.5 Å². The van der Waals surface area contributed by atoms with Gasteiger partial charge >= 0.3 is 0 Å². The van der Waals surface area contributed by atoms with Crippen molar-refractivity contribution in [2.24, 2.45) is 0 Å². The molecule has 3 aromatic carbocycles. The minimum atomic E-state index is -0.242. The molecular formula is C28H27N3O2. The fourth-order valence-corrected chi connectivity index (χ4v) is 4.60. The predicted molar refractivity (Wildman–Crippen MR) is 133 cm³/mol. The maximum Gasteiger partial charge on any atom is 0.193 e. The van der Waals surface area contributed by atoms with Gasteiger partial charge in [0.05, 0.1) is 17.4 Å². The Morgan fingerprint density at radius 1 is 0.879 bits per heavy atom. The summed E-state index contributed by atoms with van der Waals surface area (Å²) in [6.07, 6.45) is 2.20. The molecule has 0 radical (unpaired) electrons. The van der Waals surface area contributed by atoms with Crippen LogP contribution in [0.1, 0.15) is 46.8 Å². The number of ketones is 2. The number of hydrogen-bond acceptors (Lipinski definition) is 5. The van der Waals surface area contributed by atoms with E-state index in [0.29, 0.717) is 17.5 Å². The van der Waals surface area contributed by atoms with Gasteiger partial charge in [0.15, 0.2) is 11.6 Å². The van der Waals surface area contributed by atoms with E-state index < -0.39 is 0 Å². The molecule has 0 saturated carbocycles. The molecule has 0 unspecified atom stereocenters. The molecule has 0 aromatic heterocycles. The summed E-state index contributed by atoms with van der Waals surface area (Å²) in [5.41, 5.74) is 6.88. The third-order valence-electron chi connectivity index (χ3n) is 6.39.